The first kappa shape index (κ1) is 16.7. The third kappa shape index (κ3) is 4.66. The van der Waals surface area contributed by atoms with E-state index in [1.54, 1.807) is 12.1 Å². The van der Waals surface area contributed by atoms with Crippen LogP contribution in [0, 0.1) is 10.1 Å². The lowest BCUT2D eigenvalue weighted by molar-refractivity contribution is -0.385. The first-order valence-corrected chi connectivity index (χ1v) is 8.15. The summed E-state index contributed by atoms with van der Waals surface area (Å²) in [5.41, 5.74) is -0.158. The second kappa shape index (κ2) is 7.07. The molecule has 0 aromatic heterocycles. The van der Waals surface area contributed by atoms with Crippen LogP contribution >= 0.6 is 0 Å². The topological polar surface area (TPSA) is 125 Å². The summed E-state index contributed by atoms with van der Waals surface area (Å²) in [6, 6.07) is 12.5. The van der Waals surface area contributed by atoms with Gasteiger partial charge in [-0.3, -0.25) is 10.1 Å². The summed E-state index contributed by atoms with van der Waals surface area (Å²) >= 11 is 0. The van der Waals surface area contributed by atoms with Gasteiger partial charge in [-0.2, -0.15) is 0 Å². The number of non-ortho nitro benzene ring substituents is 1. The number of primary sulfonamides is 1. The van der Waals surface area contributed by atoms with Gasteiger partial charge in [-0.1, -0.05) is 18.2 Å². The molecule has 0 radical (unpaired) electrons. The quantitative estimate of drug-likeness (QED) is 0.450. The van der Waals surface area contributed by atoms with Crippen molar-refractivity contribution in [2.24, 2.45) is 5.14 Å². The molecule has 23 heavy (non-hydrogen) atoms. The molecule has 2 aromatic rings. The van der Waals surface area contributed by atoms with E-state index in [0.717, 1.165) is 6.07 Å². The summed E-state index contributed by atoms with van der Waals surface area (Å²) in [7, 11) is -4.09. The van der Waals surface area contributed by atoms with Gasteiger partial charge in [0.05, 0.1) is 10.6 Å². The zero-order valence-corrected chi connectivity index (χ0v) is 12.8. The molecule has 2 aromatic carbocycles. The largest absolute Gasteiger partial charge is 0.492 e. The number of hydrogen-bond acceptors (Lipinski definition) is 6. The average Bonchev–Trinajstić information content (AvgIpc) is 2.51. The normalized spacial score (nSPS) is 11.0. The molecule has 0 amide bonds. The Bertz CT molecular complexity index is 793. The number of nitro benzene ring substituents is 1. The van der Waals surface area contributed by atoms with Gasteiger partial charge in [-0.25, -0.2) is 13.6 Å². The van der Waals surface area contributed by atoms with E-state index >= 15 is 0 Å². The van der Waals surface area contributed by atoms with E-state index in [1.165, 1.54) is 12.1 Å². The molecule has 0 spiro atoms. The van der Waals surface area contributed by atoms with Crippen LogP contribution in [0.15, 0.2) is 53.4 Å². The summed E-state index contributed by atoms with van der Waals surface area (Å²) < 4.78 is 28.6. The molecule has 2 rings (SSSR count). The summed E-state index contributed by atoms with van der Waals surface area (Å²) in [5, 5.41) is 18.7. The van der Waals surface area contributed by atoms with Gasteiger partial charge >= 0.3 is 0 Å². The molecule has 3 N–H and O–H groups in total. The van der Waals surface area contributed by atoms with Crippen LogP contribution in [0.3, 0.4) is 0 Å². The maximum atomic E-state index is 11.6. The number of ether oxygens (including phenoxy) is 1. The smallest absolute Gasteiger partial charge is 0.270 e. The molecule has 0 saturated heterocycles. The first-order valence-electron chi connectivity index (χ1n) is 6.61. The highest BCUT2D eigenvalue weighted by atomic mass is 32.2. The van der Waals surface area contributed by atoms with Crippen LogP contribution in [0.25, 0.3) is 0 Å². The molecule has 0 saturated carbocycles. The third-order valence-electron chi connectivity index (χ3n) is 2.91. The van der Waals surface area contributed by atoms with Gasteiger partial charge in [0.1, 0.15) is 17.3 Å². The Morgan fingerprint density at radius 3 is 2.48 bits per heavy atom. The molecule has 0 bridgehead atoms. The lowest BCUT2D eigenvalue weighted by Gasteiger charge is -2.11. The van der Waals surface area contributed by atoms with E-state index < -0.39 is 14.9 Å². The Morgan fingerprint density at radius 2 is 1.87 bits per heavy atom. The summed E-state index contributed by atoms with van der Waals surface area (Å²) in [4.78, 5) is 9.73. The lowest BCUT2D eigenvalue weighted by atomic mass is 10.3. The van der Waals surface area contributed by atoms with Crippen LogP contribution in [0.1, 0.15) is 0 Å². The number of nitro groups is 1. The molecular formula is C14H15N3O5S. The minimum atomic E-state index is -4.09. The Balaban J connectivity index is 2.06. The molecule has 0 fully saturated rings. The fraction of sp³-hybridized carbons (Fsp3) is 0.143. The summed E-state index contributed by atoms with van der Waals surface area (Å²) in [6.45, 7) is 0.584. The van der Waals surface area contributed by atoms with E-state index in [4.69, 9.17) is 9.88 Å². The van der Waals surface area contributed by atoms with Crippen molar-refractivity contribution in [3.05, 3.63) is 58.6 Å². The minimum Gasteiger partial charge on any atom is -0.492 e. The number of nitrogens with zero attached hydrogens (tertiary/aromatic N) is 1. The monoisotopic (exact) mass is 337 g/mol. The Kier molecular flexibility index (Phi) is 5.14. The maximum Gasteiger partial charge on any atom is 0.270 e. The van der Waals surface area contributed by atoms with E-state index in [-0.39, 0.29) is 22.9 Å². The number of sulfonamides is 1. The van der Waals surface area contributed by atoms with Gasteiger partial charge in [-0.05, 0) is 18.2 Å². The molecule has 0 aliphatic carbocycles. The predicted molar refractivity (Wildman–Crippen MR) is 84.9 cm³/mol. The number of benzene rings is 2. The SMILES string of the molecule is NS(=O)(=O)c1cc([N+](=O)[O-])ccc1NCCOc1ccccc1. The third-order valence-corrected chi connectivity index (χ3v) is 3.86. The number of rotatable bonds is 7. The van der Waals surface area contributed by atoms with Crippen molar-refractivity contribution in [2.75, 3.05) is 18.5 Å². The molecule has 122 valence electrons. The fourth-order valence-corrected chi connectivity index (χ4v) is 2.61. The highest BCUT2D eigenvalue weighted by Crippen LogP contribution is 2.25. The van der Waals surface area contributed by atoms with Crippen molar-refractivity contribution in [1.82, 2.24) is 0 Å². The fourth-order valence-electron chi connectivity index (χ4n) is 1.88. The number of para-hydroxylation sites is 1. The van der Waals surface area contributed by atoms with Crippen molar-refractivity contribution in [3.63, 3.8) is 0 Å². The van der Waals surface area contributed by atoms with Crippen LogP contribution in [0.5, 0.6) is 5.75 Å². The van der Waals surface area contributed by atoms with Crippen molar-refractivity contribution in [1.29, 1.82) is 0 Å². The van der Waals surface area contributed by atoms with E-state index in [0.29, 0.717) is 12.3 Å². The molecule has 0 unspecified atom stereocenters. The van der Waals surface area contributed by atoms with Gasteiger partial charge in [0, 0.05) is 18.7 Å². The maximum absolute atomic E-state index is 11.6. The van der Waals surface area contributed by atoms with Gasteiger partial charge in [-0.15, -0.1) is 0 Å². The highest BCUT2D eigenvalue weighted by Gasteiger charge is 2.18. The van der Waals surface area contributed by atoms with Gasteiger partial charge in [0.15, 0.2) is 0 Å². The van der Waals surface area contributed by atoms with Crippen LogP contribution in [0.4, 0.5) is 11.4 Å². The van der Waals surface area contributed by atoms with Gasteiger partial charge in [0.2, 0.25) is 10.0 Å². The Hall–Kier alpha value is -2.65. The van der Waals surface area contributed by atoms with Crippen LogP contribution < -0.4 is 15.2 Å². The standard InChI is InChI=1S/C14H15N3O5S/c15-23(20,21)14-10-11(17(18)19)6-7-13(14)16-8-9-22-12-4-2-1-3-5-12/h1-7,10,16H,8-9H2,(H2,15,20,21). The van der Waals surface area contributed by atoms with Gasteiger partial charge in [0.25, 0.3) is 5.69 Å². The summed E-state index contributed by atoms with van der Waals surface area (Å²) in [5.74, 6) is 0.685. The van der Waals surface area contributed by atoms with E-state index in [2.05, 4.69) is 5.32 Å². The molecule has 0 atom stereocenters. The van der Waals surface area contributed by atoms with Crippen molar-refractivity contribution >= 4 is 21.4 Å². The van der Waals surface area contributed by atoms with Crippen LogP contribution in [-0.4, -0.2) is 26.5 Å². The zero-order chi connectivity index (χ0) is 16.9. The molecule has 9 heteroatoms. The first-order chi connectivity index (χ1) is 10.9. The number of anilines is 1. The van der Waals surface area contributed by atoms with E-state index in [9.17, 15) is 18.5 Å². The molecule has 8 nitrogen and oxygen atoms in total. The number of hydrogen-bond donors (Lipinski definition) is 2. The second-order valence-corrected chi connectivity index (χ2v) is 6.10. The van der Waals surface area contributed by atoms with Crippen LogP contribution in [0.2, 0.25) is 0 Å². The van der Waals surface area contributed by atoms with Crippen molar-refractivity contribution < 1.29 is 18.1 Å². The lowest BCUT2D eigenvalue weighted by Crippen LogP contribution is -2.18. The minimum absolute atomic E-state index is 0.190. The molecule has 0 aliphatic rings. The highest BCUT2D eigenvalue weighted by molar-refractivity contribution is 7.89. The summed E-state index contributed by atoms with van der Waals surface area (Å²) in [6.07, 6.45) is 0. The number of nitrogens with two attached hydrogens (primary N) is 1. The zero-order valence-electron chi connectivity index (χ0n) is 12.0. The Labute approximate surface area is 133 Å². The van der Waals surface area contributed by atoms with Crippen molar-refractivity contribution in [3.8, 4) is 5.75 Å². The second-order valence-electron chi connectivity index (χ2n) is 4.57. The van der Waals surface area contributed by atoms with E-state index in [1.807, 2.05) is 18.2 Å². The average molecular weight is 337 g/mol. The Morgan fingerprint density at radius 1 is 1.17 bits per heavy atom. The van der Waals surface area contributed by atoms with Crippen LogP contribution in [-0.2, 0) is 10.0 Å². The molecule has 0 heterocycles. The van der Waals surface area contributed by atoms with Crippen molar-refractivity contribution in [2.45, 2.75) is 4.90 Å². The molecular weight excluding hydrogens is 322 g/mol. The van der Waals surface area contributed by atoms with Gasteiger partial charge < -0.3 is 10.1 Å². The number of nitrogens with one attached hydrogen (secondary N) is 1. The predicted octanol–water partition coefficient (Wildman–Crippen LogP) is 1.73. The molecule has 0 aliphatic heterocycles.